The van der Waals surface area contributed by atoms with Gasteiger partial charge in [-0.3, -0.25) is 9.59 Å². The van der Waals surface area contributed by atoms with Crippen LogP contribution in [0.3, 0.4) is 0 Å². The third-order valence-electron chi connectivity index (χ3n) is 9.20. The zero-order valence-corrected chi connectivity index (χ0v) is 25.4. The molecule has 0 aliphatic carbocycles. The molecule has 1 amide bonds. The fraction of sp³-hybridized carbons (Fsp3) is 0.371. The number of hydrogen-bond acceptors (Lipinski definition) is 7. The lowest BCUT2D eigenvalue weighted by Crippen LogP contribution is -2.36. The van der Waals surface area contributed by atoms with Crippen molar-refractivity contribution < 1.29 is 23.8 Å². The number of nitrogen functional groups attached to an aromatic ring is 1. The van der Waals surface area contributed by atoms with Crippen LogP contribution >= 0.6 is 0 Å². The first-order valence-corrected chi connectivity index (χ1v) is 15.4. The summed E-state index contributed by atoms with van der Waals surface area (Å²) in [7, 11) is 0. The van der Waals surface area contributed by atoms with E-state index in [2.05, 4.69) is 12.1 Å². The first kappa shape index (κ1) is 29.6. The SMILES string of the molecule is Cc1c2ccc(c1N)N(N)CCCCCCOc1ccc3c(C)c(oc3c1)C(=O)N1CCc3ccc(cc3C1)C2CC(=O)O. The largest absolute Gasteiger partial charge is 0.493 e. The zero-order chi connectivity index (χ0) is 31.0. The monoisotopic (exact) mass is 596 g/mol. The van der Waals surface area contributed by atoms with Gasteiger partial charge in [-0.2, -0.15) is 0 Å². The molecule has 1 aromatic heterocycles. The minimum Gasteiger partial charge on any atom is -0.493 e. The van der Waals surface area contributed by atoms with Gasteiger partial charge in [0.15, 0.2) is 5.76 Å². The number of anilines is 2. The number of carboxylic acid groups (broad SMARTS) is 1. The van der Waals surface area contributed by atoms with Crippen molar-refractivity contribution in [3.63, 3.8) is 0 Å². The number of nitrogens with zero attached hydrogens (tertiary/aromatic N) is 2. The molecule has 3 aromatic carbocycles. The van der Waals surface area contributed by atoms with E-state index in [9.17, 15) is 14.7 Å². The van der Waals surface area contributed by atoms with E-state index in [0.717, 1.165) is 75.9 Å². The molecule has 0 spiro atoms. The van der Waals surface area contributed by atoms with Crippen LogP contribution in [-0.2, 0) is 17.8 Å². The summed E-state index contributed by atoms with van der Waals surface area (Å²) >= 11 is 0. The minimum absolute atomic E-state index is 0.0860. The Morgan fingerprint density at radius 2 is 1.80 bits per heavy atom. The predicted octanol–water partition coefficient (Wildman–Crippen LogP) is 6.07. The van der Waals surface area contributed by atoms with Crippen LogP contribution in [0.1, 0.15) is 82.0 Å². The number of carbonyl (C=O) groups excluding carboxylic acids is 1. The van der Waals surface area contributed by atoms with E-state index in [4.69, 9.17) is 20.7 Å². The summed E-state index contributed by atoms with van der Waals surface area (Å²) in [5.41, 5.74) is 14.1. The maximum atomic E-state index is 13.8. The van der Waals surface area contributed by atoms with Crippen LogP contribution in [0.25, 0.3) is 11.0 Å². The topological polar surface area (TPSA) is 135 Å². The van der Waals surface area contributed by atoms with Crippen LogP contribution in [0, 0.1) is 13.8 Å². The summed E-state index contributed by atoms with van der Waals surface area (Å²) in [5, 5.41) is 12.5. The molecule has 5 N–H and O–H groups in total. The molecular weight excluding hydrogens is 556 g/mol. The first-order chi connectivity index (χ1) is 21.2. The summed E-state index contributed by atoms with van der Waals surface area (Å²) in [4.78, 5) is 27.7. The lowest BCUT2D eigenvalue weighted by atomic mass is 9.83. The van der Waals surface area contributed by atoms with Crippen LogP contribution in [0.2, 0.25) is 0 Å². The average molecular weight is 597 g/mol. The normalized spacial score (nSPS) is 17.8. The van der Waals surface area contributed by atoms with Gasteiger partial charge in [0.2, 0.25) is 0 Å². The van der Waals surface area contributed by atoms with Crippen molar-refractivity contribution in [3.8, 4) is 5.75 Å². The molecule has 0 saturated carbocycles. The number of aryl methyl sites for hydroxylation is 1. The van der Waals surface area contributed by atoms with Crippen LogP contribution in [0.4, 0.5) is 11.4 Å². The van der Waals surface area contributed by atoms with E-state index >= 15 is 0 Å². The van der Waals surface area contributed by atoms with Crippen molar-refractivity contribution in [1.29, 1.82) is 0 Å². The van der Waals surface area contributed by atoms with Gasteiger partial charge in [-0.05, 0) is 79.1 Å². The van der Waals surface area contributed by atoms with Crippen LogP contribution in [0.15, 0.2) is 52.9 Å². The second-order valence-electron chi connectivity index (χ2n) is 12.0. The summed E-state index contributed by atoms with van der Waals surface area (Å²) in [6.45, 7) is 6.07. The second kappa shape index (κ2) is 12.2. The number of benzene rings is 3. The van der Waals surface area contributed by atoms with Gasteiger partial charge in [-0.15, -0.1) is 0 Å². The number of amides is 1. The maximum absolute atomic E-state index is 13.8. The number of fused-ring (bicyclic) bond motifs is 9. The molecular formula is C35H40N4O5. The molecule has 8 bridgehead atoms. The van der Waals surface area contributed by atoms with Gasteiger partial charge in [0, 0.05) is 42.6 Å². The number of hydrazine groups is 1. The van der Waals surface area contributed by atoms with Crippen molar-refractivity contribution in [2.45, 2.75) is 64.8 Å². The van der Waals surface area contributed by atoms with Gasteiger partial charge in [-0.25, -0.2) is 5.84 Å². The zero-order valence-electron chi connectivity index (χ0n) is 25.4. The molecule has 1 unspecified atom stereocenters. The van der Waals surface area contributed by atoms with Gasteiger partial charge in [0.05, 0.1) is 24.4 Å². The number of nitrogens with two attached hydrogens (primary N) is 2. The Bertz CT molecular complexity index is 1730. The lowest BCUT2D eigenvalue weighted by molar-refractivity contribution is -0.137. The summed E-state index contributed by atoms with van der Waals surface area (Å²) < 4.78 is 12.2. The number of carboxylic acids is 1. The third-order valence-corrected chi connectivity index (χ3v) is 9.20. The van der Waals surface area contributed by atoms with Gasteiger partial charge in [0.1, 0.15) is 11.3 Å². The molecule has 9 nitrogen and oxygen atoms in total. The average Bonchev–Trinajstić information content (AvgIpc) is 3.34. The van der Waals surface area contributed by atoms with Crippen LogP contribution in [0.5, 0.6) is 5.75 Å². The van der Waals surface area contributed by atoms with E-state index < -0.39 is 11.9 Å². The highest BCUT2D eigenvalue weighted by Gasteiger charge is 2.29. The molecule has 1 atom stereocenters. The Balaban J connectivity index is 1.39. The highest BCUT2D eigenvalue weighted by molar-refractivity contribution is 5.99. The second-order valence-corrected chi connectivity index (χ2v) is 12.0. The summed E-state index contributed by atoms with van der Waals surface area (Å²) in [6.07, 6.45) is 4.41. The number of carbonyl (C=O) groups is 2. The molecule has 4 heterocycles. The molecule has 0 fully saturated rings. The smallest absolute Gasteiger partial charge is 0.304 e. The number of aliphatic carboxylic acids is 1. The van der Waals surface area contributed by atoms with E-state index in [1.165, 1.54) is 0 Å². The lowest BCUT2D eigenvalue weighted by Gasteiger charge is -2.30. The highest BCUT2D eigenvalue weighted by Crippen LogP contribution is 2.38. The Morgan fingerprint density at radius 3 is 2.61 bits per heavy atom. The van der Waals surface area contributed by atoms with Gasteiger partial charge in [-0.1, -0.05) is 37.1 Å². The molecule has 0 radical (unpaired) electrons. The van der Waals surface area contributed by atoms with Gasteiger partial charge >= 0.3 is 5.97 Å². The molecule has 3 aliphatic heterocycles. The molecule has 7 rings (SSSR count). The molecule has 0 saturated heterocycles. The standard InChI is InChI=1S/C35H40N4O5/c1-21-27-11-12-30(33(21)36)39(37)14-5-3-4-6-16-43-26-9-10-28-22(2)34(44-31(28)18-26)35(42)38-15-13-23-7-8-24(17-25(23)20-38)29(27)19-32(40)41/h7-12,17-18,29H,3-6,13-16,19-20,36-37H2,1-2H3,(H,40,41). The van der Waals surface area contributed by atoms with E-state index in [-0.39, 0.29) is 12.3 Å². The maximum Gasteiger partial charge on any atom is 0.304 e. The summed E-state index contributed by atoms with van der Waals surface area (Å²) in [5.74, 6) is 6.05. The van der Waals surface area contributed by atoms with Crippen molar-refractivity contribution in [3.05, 3.63) is 87.7 Å². The van der Waals surface area contributed by atoms with Crippen molar-refractivity contribution in [2.24, 2.45) is 5.84 Å². The Hall–Kier alpha value is -4.50. The van der Waals surface area contributed by atoms with E-state index in [0.29, 0.717) is 49.7 Å². The Labute approximate surface area is 257 Å². The van der Waals surface area contributed by atoms with Gasteiger partial charge < -0.3 is 29.9 Å². The fourth-order valence-corrected chi connectivity index (χ4v) is 6.60. The van der Waals surface area contributed by atoms with Crippen LogP contribution < -0.4 is 21.3 Å². The number of furan rings is 1. The quantitative estimate of drug-likeness (QED) is 0.187. The molecule has 44 heavy (non-hydrogen) atoms. The number of hydrogen-bond donors (Lipinski definition) is 3. The fourth-order valence-electron chi connectivity index (χ4n) is 6.60. The molecule has 9 heteroatoms. The molecule has 230 valence electrons. The minimum atomic E-state index is -0.894. The van der Waals surface area contributed by atoms with Crippen LogP contribution in [-0.4, -0.2) is 41.6 Å². The predicted molar refractivity (Wildman–Crippen MR) is 171 cm³/mol. The first-order valence-electron chi connectivity index (χ1n) is 15.4. The number of rotatable bonds is 2. The Morgan fingerprint density at radius 1 is 0.977 bits per heavy atom. The van der Waals surface area contributed by atoms with E-state index in [1.54, 1.807) is 5.01 Å². The molecule has 4 aromatic rings. The summed E-state index contributed by atoms with van der Waals surface area (Å²) in [6, 6.07) is 15.7. The third kappa shape index (κ3) is 5.71. The number of ether oxygens (including phenoxy) is 1. The molecule has 3 aliphatic rings. The highest BCUT2D eigenvalue weighted by atomic mass is 16.5. The van der Waals surface area contributed by atoms with Crippen molar-refractivity contribution in [2.75, 3.05) is 30.4 Å². The van der Waals surface area contributed by atoms with Crippen molar-refractivity contribution in [1.82, 2.24) is 4.90 Å². The van der Waals surface area contributed by atoms with Crippen molar-refractivity contribution >= 4 is 34.2 Å². The Kier molecular flexibility index (Phi) is 8.23. The van der Waals surface area contributed by atoms with E-state index in [1.807, 2.05) is 55.1 Å². The van der Waals surface area contributed by atoms with Gasteiger partial charge in [0.25, 0.3) is 5.91 Å².